The van der Waals surface area contributed by atoms with E-state index in [0.717, 1.165) is 34.7 Å². The Balaban J connectivity index is 1.85. The van der Waals surface area contributed by atoms with Gasteiger partial charge in [-0.1, -0.05) is 24.3 Å². The van der Waals surface area contributed by atoms with Crippen molar-refractivity contribution in [2.75, 3.05) is 11.9 Å². The number of alkyl halides is 3. The van der Waals surface area contributed by atoms with E-state index in [1.165, 1.54) is 12.1 Å². The molecule has 21 heavy (non-hydrogen) atoms. The molecule has 0 bridgehead atoms. The van der Waals surface area contributed by atoms with Gasteiger partial charge in [0.15, 0.2) is 0 Å². The van der Waals surface area contributed by atoms with E-state index in [1.807, 2.05) is 25.1 Å². The average molecular weight is 293 g/mol. The number of aryl methyl sites for hydroxylation is 1. The van der Waals surface area contributed by atoms with Crippen molar-refractivity contribution in [2.45, 2.75) is 19.2 Å². The fourth-order valence-corrected chi connectivity index (χ4v) is 2.41. The molecular formula is C16H14F3NO. The van der Waals surface area contributed by atoms with Crippen molar-refractivity contribution in [1.29, 1.82) is 0 Å². The maximum Gasteiger partial charge on any atom is 0.416 e. The van der Waals surface area contributed by atoms with E-state index in [2.05, 4.69) is 5.32 Å². The summed E-state index contributed by atoms with van der Waals surface area (Å²) >= 11 is 0. The molecule has 1 heterocycles. The molecule has 0 fully saturated rings. The molecule has 1 atom stereocenters. The van der Waals surface area contributed by atoms with Crippen LogP contribution in [-0.4, -0.2) is 6.54 Å². The molecule has 0 radical (unpaired) electrons. The van der Waals surface area contributed by atoms with E-state index >= 15 is 0 Å². The molecule has 1 aliphatic heterocycles. The molecule has 3 rings (SSSR count). The van der Waals surface area contributed by atoms with Gasteiger partial charge in [-0.25, -0.2) is 0 Å². The van der Waals surface area contributed by atoms with Crippen LogP contribution in [0.2, 0.25) is 0 Å². The second-order valence-electron chi connectivity index (χ2n) is 5.06. The summed E-state index contributed by atoms with van der Waals surface area (Å²) in [6, 6.07) is 10.9. The van der Waals surface area contributed by atoms with Crippen LogP contribution in [0.25, 0.3) is 0 Å². The number of para-hydroxylation sites is 1. The highest BCUT2D eigenvalue weighted by Gasteiger charge is 2.30. The molecule has 0 saturated carbocycles. The van der Waals surface area contributed by atoms with Gasteiger partial charge in [-0.05, 0) is 36.2 Å². The van der Waals surface area contributed by atoms with Crippen LogP contribution in [0, 0.1) is 6.92 Å². The van der Waals surface area contributed by atoms with Crippen LogP contribution in [0.5, 0.6) is 5.75 Å². The van der Waals surface area contributed by atoms with Gasteiger partial charge in [0.2, 0.25) is 0 Å². The van der Waals surface area contributed by atoms with Crippen molar-refractivity contribution in [2.24, 2.45) is 0 Å². The Kier molecular flexibility index (Phi) is 3.27. The first-order valence-corrected chi connectivity index (χ1v) is 6.62. The molecule has 1 aliphatic rings. The van der Waals surface area contributed by atoms with Crippen molar-refractivity contribution in [1.82, 2.24) is 0 Å². The highest BCUT2D eigenvalue weighted by molar-refractivity contribution is 5.61. The fraction of sp³-hybridized carbons (Fsp3) is 0.250. The molecule has 0 spiro atoms. The number of hydrogen-bond acceptors (Lipinski definition) is 2. The van der Waals surface area contributed by atoms with Gasteiger partial charge in [-0.3, -0.25) is 0 Å². The normalized spacial score (nSPS) is 17.6. The number of hydrogen-bond donors (Lipinski definition) is 1. The Labute approximate surface area is 120 Å². The maximum absolute atomic E-state index is 12.6. The largest absolute Gasteiger partial charge is 0.481 e. The lowest BCUT2D eigenvalue weighted by molar-refractivity contribution is -0.137. The van der Waals surface area contributed by atoms with Crippen LogP contribution in [0.4, 0.5) is 18.9 Å². The quantitative estimate of drug-likeness (QED) is 0.832. The number of anilines is 1. The standard InChI is InChI=1S/C16H14F3NO/c1-10-3-2-4-13-15(10)21-14(9-20-13)11-5-7-12(8-6-11)16(17,18)19/h2-8,14,20H,9H2,1H3. The molecule has 5 heteroatoms. The van der Waals surface area contributed by atoms with Gasteiger partial charge >= 0.3 is 6.18 Å². The smallest absolute Gasteiger partial charge is 0.416 e. The summed E-state index contributed by atoms with van der Waals surface area (Å²) in [6.45, 7) is 2.47. The zero-order chi connectivity index (χ0) is 15.0. The first-order valence-electron chi connectivity index (χ1n) is 6.62. The SMILES string of the molecule is Cc1cccc2c1OC(c1ccc(C(F)(F)F)cc1)CN2. The van der Waals surface area contributed by atoms with Crippen LogP contribution in [-0.2, 0) is 6.18 Å². The summed E-state index contributed by atoms with van der Waals surface area (Å²) in [4.78, 5) is 0. The molecular weight excluding hydrogens is 279 g/mol. The number of ether oxygens (including phenoxy) is 1. The van der Waals surface area contributed by atoms with Gasteiger partial charge in [0.25, 0.3) is 0 Å². The highest BCUT2D eigenvalue weighted by atomic mass is 19.4. The summed E-state index contributed by atoms with van der Waals surface area (Å²) in [5.41, 5.74) is 1.99. The second kappa shape index (κ2) is 4.98. The number of rotatable bonds is 1. The summed E-state index contributed by atoms with van der Waals surface area (Å²) < 4.78 is 43.6. The second-order valence-corrected chi connectivity index (χ2v) is 5.06. The Hall–Kier alpha value is -2.17. The van der Waals surface area contributed by atoms with Crippen LogP contribution in [0.3, 0.4) is 0 Å². The number of halogens is 3. The molecule has 2 nitrogen and oxygen atoms in total. The molecule has 0 aromatic heterocycles. The Morgan fingerprint density at radius 3 is 2.48 bits per heavy atom. The predicted molar refractivity (Wildman–Crippen MR) is 74.5 cm³/mol. The molecule has 110 valence electrons. The van der Waals surface area contributed by atoms with Gasteiger partial charge in [-0.2, -0.15) is 13.2 Å². The minimum absolute atomic E-state index is 0.291. The Morgan fingerprint density at radius 2 is 1.81 bits per heavy atom. The van der Waals surface area contributed by atoms with Crippen molar-refractivity contribution in [3.63, 3.8) is 0 Å². The zero-order valence-corrected chi connectivity index (χ0v) is 11.4. The Morgan fingerprint density at radius 1 is 1.10 bits per heavy atom. The fourth-order valence-electron chi connectivity index (χ4n) is 2.41. The van der Waals surface area contributed by atoms with Crippen molar-refractivity contribution >= 4 is 5.69 Å². The molecule has 0 amide bonds. The summed E-state index contributed by atoms with van der Waals surface area (Å²) in [7, 11) is 0. The lowest BCUT2D eigenvalue weighted by Gasteiger charge is -2.29. The van der Waals surface area contributed by atoms with Gasteiger partial charge in [0, 0.05) is 0 Å². The molecule has 0 saturated heterocycles. The lowest BCUT2D eigenvalue weighted by atomic mass is 10.0. The van der Waals surface area contributed by atoms with E-state index in [0.29, 0.717) is 6.54 Å². The van der Waals surface area contributed by atoms with Gasteiger partial charge in [-0.15, -0.1) is 0 Å². The molecule has 1 unspecified atom stereocenters. The topological polar surface area (TPSA) is 21.3 Å². The number of nitrogens with one attached hydrogen (secondary N) is 1. The third-order valence-corrected chi connectivity index (χ3v) is 3.56. The summed E-state index contributed by atoms with van der Waals surface area (Å²) in [5, 5.41) is 3.25. The van der Waals surface area contributed by atoms with Crippen molar-refractivity contribution in [3.8, 4) is 5.75 Å². The van der Waals surface area contributed by atoms with Crippen LogP contribution in [0.1, 0.15) is 22.8 Å². The van der Waals surface area contributed by atoms with Gasteiger partial charge < -0.3 is 10.1 Å². The Bertz CT molecular complexity index is 650. The molecule has 1 N–H and O–H groups in total. The van der Waals surface area contributed by atoms with Crippen LogP contribution < -0.4 is 10.1 Å². The van der Waals surface area contributed by atoms with E-state index in [-0.39, 0.29) is 6.10 Å². The molecule has 0 aliphatic carbocycles. The first-order chi connectivity index (χ1) is 9.95. The van der Waals surface area contributed by atoms with Gasteiger partial charge in [0.1, 0.15) is 11.9 Å². The lowest BCUT2D eigenvalue weighted by Crippen LogP contribution is -2.24. The van der Waals surface area contributed by atoms with Crippen molar-refractivity contribution < 1.29 is 17.9 Å². The van der Waals surface area contributed by atoms with Crippen LogP contribution in [0.15, 0.2) is 42.5 Å². The van der Waals surface area contributed by atoms with E-state index in [9.17, 15) is 13.2 Å². The van der Waals surface area contributed by atoms with Gasteiger partial charge in [0.05, 0.1) is 17.8 Å². The average Bonchev–Trinajstić information content (AvgIpc) is 2.47. The summed E-state index contributed by atoms with van der Waals surface area (Å²) in [6.07, 6.45) is -4.60. The minimum Gasteiger partial charge on any atom is -0.481 e. The molecule has 2 aromatic carbocycles. The zero-order valence-electron chi connectivity index (χ0n) is 11.4. The summed E-state index contributed by atoms with van der Waals surface area (Å²) in [5.74, 6) is 0.758. The maximum atomic E-state index is 12.6. The highest BCUT2D eigenvalue weighted by Crippen LogP contribution is 2.37. The van der Waals surface area contributed by atoms with E-state index in [4.69, 9.17) is 4.74 Å². The molecule has 2 aromatic rings. The third-order valence-electron chi connectivity index (χ3n) is 3.56. The van der Waals surface area contributed by atoms with Crippen LogP contribution >= 0.6 is 0 Å². The minimum atomic E-state index is -4.31. The predicted octanol–water partition coefficient (Wildman–Crippen LogP) is 4.56. The third kappa shape index (κ3) is 2.68. The van der Waals surface area contributed by atoms with E-state index < -0.39 is 11.7 Å². The monoisotopic (exact) mass is 293 g/mol. The number of benzene rings is 2. The number of fused-ring (bicyclic) bond motifs is 1. The van der Waals surface area contributed by atoms with E-state index in [1.54, 1.807) is 0 Å². The van der Waals surface area contributed by atoms with Crippen molar-refractivity contribution in [3.05, 3.63) is 59.2 Å². The first kappa shape index (κ1) is 13.8.